The Kier molecular flexibility index (Phi) is 5.31. The van der Waals surface area contributed by atoms with Crippen molar-refractivity contribution in [2.24, 2.45) is 5.14 Å². The highest BCUT2D eigenvalue weighted by molar-refractivity contribution is 9.10. The van der Waals surface area contributed by atoms with Gasteiger partial charge in [-0.2, -0.15) is 4.52 Å². The fraction of sp³-hybridized carbons (Fsp3) is 0. The van der Waals surface area contributed by atoms with Crippen LogP contribution in [0.25, 0.3) is 27.3 Å². The minimum atomic E-state index is -3.84. The summed E-state index contributed by atoms with van der Waals surface area (Å²) in [6.07, 6.45) is 0. The molecule has 0 amide bonds. The highest BCUT2D eigenvalue weighted by Gasteiger charge is 2.20. The van der Waals surface area contributed by atoms with Crippen LogP contribution in [0, 0.1) is 0 Å². The van der Waals surface area contributed by atoms with Gasteiger partial charge in [-0.05, 0) is 27.1 Å². The van der Waals surface area contributed by atoms with Crippen molar-refractivity contribution in [2.75, 3.05) is 0 Å². The summed E-state index contributed by atoms with van der Waals surface area (Å²) in [7, 11) is -3.84. The number of nitrogens with zero attached hydrogens (tertiary/aromatic N) is 3. The number of benzene rings is 2. The third-order valence-corrected chi connectivity index (χ3v) is 6.57. The number of primary sulfonamides is 1. The first-order valence-corrected chi connectivity index (χ1v) is 10.3. The Balaban J connectivity index is 0.00000196. The zero-order chi connectivity index (χ0) is 17.6. The molecule has 2 N–H and O–H groups in total. The highest BCUT2D eigenvalue weighted by Crippen LogP contribution is 2.32. The Morgan fingerprint density at radius 3 is 2.12 bits per heavy atom. The Morgan fingerprint density at radius 2 is 1.54 bits per heavy atom. The molecule has 0 aliphatic rings. The third-order valence-electron chi connectivity index (χ3n) is 3.64. The standard InChI is InChI=1S/C16H11BrN4O2S2.BrH/c17-14-13(19-15-21(14)20-16(24-15)25(18,22)23)12-8-6-11(7-9-12)10-4-2-1-3-5-10;/h1-9H,(H2,18,22,23);1H. The number of halogens is 2. The second kappa shape index (κ2) is 7.20. The molecule has 10 heteroatoms. The van der Waals surface area contributed by atoms with Gasteiger partial charge in [0.25, 0.3) is 10.0 Å². The maximum atomic E-state index is 11.4. The van der Waals surface area contributed by atoms with E-state index in [0.29, 0.717) is 15.3 Å². The fourth-order valence-corrected chi connectivity index (χ4v) is 4.66. The minimum Gasteiger partial charge on any atom is -0.223 e. The number of fused-ring (bicyclic) bond motifs is 1. The van der Waals surface area contributed by atoms with Crippen LogP contribution in [0.4, 0.5) is 0 Å². The number of hydrogen-bond donors (Lipinski definition) is 1. The van der Waals surface area contributed by atoms with Gasteiger partial charge in [-0.3, -0.25) is 0 Å². The van der Waals surface area contributed by atoms with Crippen molar-refractivity contribution < 1.29 is 8.42 Å². The quantitative estimate of drug-likeness (QED) is 0.444. The van der Waals surface area contributed by atoms with Crippen molar-refractivity contribution in [1.29, 1.82) is 0 Å². The topological polar surface area (TPSA) is 90.4 Å². The molecule has 134 valence electrons. The van der Waals surface area contributed by atoms with E-state index >= 15 is 0 Å². The summed E-state index contributed by atoms with van der Waals surface area (Å²) in [5.41, 5.74) is 3.84. The van der Waals surface area contributed by atoms with Crippen LogP contribution >= 0.6 is 44.2 Å². The zero-order valence-corrected chi connectivity index (χ0v) is 18.0. The zero-order valence-electron chi connectivity index (χ0n) is 13.0. The van der Waals surface area contributed by atoms with Gasteiger partial charge in [0, 0.05) is 5.56 Å². The van der Waals surface area contributed by atoms with E-state index in [9.17, 15) is 8.42 Å². The SMILES string of the molecule is Br.NS(=O)(=O)c1nn2c(Br)c(-c3ccc(-c4ccccc4)cc3)nc2s1. The molecule has 0 saturated heterocycles. The lowest BCUT2D eigenvalue weighted by Gasteiger charge is -2.03. The van der Waals surface area contributed by atoms with Gasteiger partial charge in [0.2, 0.25) is 9.30 Å². The Labute approximate surface area is 172 Å². The Morgan fingerprint density at radius 1 is 0.962 bits per heavy atom. The average molecular weight is 516 g/mol. The van der Waals surface area contributed by atoms with Crippen molar-refractivity contribution >= 4 is 59.2 Å². The van der Waals surface area contributed by atoms with E-state index in [2.05, 4.69) is 38.1 Å². The maximum Gasteiger partial charge on any atom is 0.267 e. The van der Waals surface area contributed by atoms with Crippen LogP contribution < -0.4 is 5.14 Å². The molecule has 0 bridgehead atoms. The summed E-state index contributed by atoms with van der Waals surface area (Å²) in [5.74, 6) is 0. The molecular weight excluding hydrogens is 504 g/mol. The number of imidazole rings is 1. The normalized spacial score (nSPS) is 11.5. The van der Waals surface area contributed by atoms with Crippen molar-refractivity contribution in [3.63, 3.8) is 0 Å². The Bertz CT molecular complexity index is 1170. The number of hydrogen-bond acceptors (Lipinski definition) is 5. The van der Waals surface area contributed by atoms with Crippen LogP contribution in [0.2, 0.25) is 0 Å². The molecule has 26 heavy (non-hydrogen) atoms. The van der Waals surface area contributed by atoms with Crippen LogP contribution in [-0.4, -0.2) is 23.0 Å². The lowest BCUT2D eigenvalue weighted by Crippen LogP contribution is -2.12. The van der Waals surface area contributed by atoms with E-state index in [0.717, 1.165) is 28.0 Å². The van der Waals surface area contributed by atoms with E-state index in [1.54, 1.807) is 0 Å². The minimum absolute atomic E-state index is 0. The van der Waals surface area contributed by atoms with Crippen LogP contribution in [0.1, 0.15) is 0 Å². The predicted octanol–water partition coefficient (Wildman–Crippen LogP) is 4.11. The first-order valence-electron chi connectivity index (χ1n) is 7.17. The molecule has 0 aliphatic heterocycles. The third kappa shape index (κ3) is 3.47. The van der Waals surface area contributed by atoms with E-state index in [4.69, 9.17) is 5.14 Å². The summed E-state index contributed by atoms with van der Waals surface area (Å²) in [6.45, 7) is 0. The number of rotatable bonds is 3. The smallest absolute Gasteiger partial charge is 0.223 e. The molecule has 0 unspecified atom stereocenters. The van der Waals surface area contributed by atoms with Crippen molar-refractivity contribution in [3.05, 3.63) is 59.2 Å². The molecular formula is C16H12Br2N4O2S2. The van der Waals surface area contributed by atoms with E-state index < -0.39 is 10.0 Å². The monoisotopic (exact) mass is 514 g/mol. The number of aromatic nitrogens is 3. The summed E-state index contributed by atoms with van der Waals surface area (Å²) in [4.78, 5) is 4.93. The molecule has 0 spiro atoms. The molecule has 6 nitrogen and oxygen atoms in total. The first-order chi connectivity index (χ1) is 11.9. The van der Waals surface area contributed by atoms with E-state index in [-0.39, 0.29) is 21.3 Å². The van der Waals surface area contributed by atoms with Gasteiger partial charge < -0.3 is 0 Å². The van der Waals surface area contributed by atoms with E-state index in [1.165, 1.54) is 4.52 Å². The van der Waals surface area contributed by atoms with Gasteiger partial charge >= 0.3 is 0 Å². The van der Waals surface area contributed by atoms with Gasteiger partial charge in [-0.1, -0.05) is 65.9 Å². The predicted molar refractivity (Wildman–Crippen MR) is 111 cm³/mol. The summed E-state index contributed by atoms with van der Waals surface area (Å²) in [5, 5.41) is 9.12. The van der Waals surface area contributed by atoms with Crippen LogP contribution in [0.3, 0.4) is 0 Å². The summed E-state index contributed by atoms with van der Waals surface area (Å²) < 4.78 is 24.7. The van der Waals surface area contributed by atoms with Gasteiger partial charge in [-0.15, -0.1) is 22.1 Å². The maximum absolute atomic E-state index is 11.4. The van der Waals surface area contributed by atoms with Crippen molar-refractivity contribution in [1.82, 2.24) is 14.6 Å². The lowest BCUT2D eigenvalue weighted by molar-refractivity contribution is 0.595. The fourth-order valence-electron chi connectivity index (χ4n) is 2.46. The van der Waals surface area contributed by atoms with Crippen LogP contribution in [0.15, 0.2) is 63.5 Å². The van der Waals surface area contributed by atoms with Crippen molar-refractivity contribution in [3.8, 4) is 22.4 Å². The van der Waals surface area contributed by atoms with Gasteiger partial charge in [0.1, 0.15) is 10.3 Å². The first kappa shape index (κ1) is 19.2. The second-order valence-corrected chi connectivity index (χ2v) is 8.74. The van der Waals surface area contributed by atoms with Crippen molar-refractivity contribution in [2.45, 2.75) is 4.34 Å². The summed E-state index contributed by atoms with van der Waals surface area (Å²) in [6, 6.07) is 18.1. The average Bonchev–Trinajstić information content (AvgIpc) is 3.16. The van der Waals surface area contributed by atoms with Gasteiger partial charge in [0.15, 0.2) is 0 Å². The molecule has 2 heterocycles. The molecule has 0 aliphatic carbocycles. The summed E-state index contributed by atoms with van der Waals surface area (Å²) >= 11 is 4.37. The number of nitrogens with two attached hydrogens (primary N) is 1. The largest absolute Gasteiger partial charge is 0.267 e. The molecule has 4 aromatic rings. The second-order valence-electron chi connectivity index (χ2n) is 5.30. The molecule has 0 fully saturated rings. The molecule has 0 atom stereocenters. The molecule has 2 aromatic carbocycles. The molecule has 0 saturated carbocycles. The van der Waals surface area contributed by atoms with Crippen LogP contribution in [0.5, 0.6) is 0 Å². The lowest BCUT2D eigenvalue weighted by atomic mass is 10.0. The highest BCUT2D eigenvalue weighted by atomic mass is 79.9. The number of sulfonamides is 1. The molecule has 2 aromatic heterocycles. The Hall–Kier alpha value is -1.59. The molecule has 4 rings (SSSR count). The van der Waals surface area contributed by atoms with Gasteiger partial charge in [-0.25, -0.2) is 18.5 Å². The van der Waals surface area contributed by atoms with Crippen LogP contribution in [-0.2, 0) is 10.0 Å². The van der Waals surface area contributed by atoms with E-state index in [1.807, 2.05) is 42.5 Å². The van der Waals surface area contributed by atoms with Gasteiger partial charge in [0.05, 0.1) is 0 Å². The molecule has 0 radical (unpaired) electrons.